The molecule has 0 fully saturated rings. The first-order valence-electron chi connectivity index (χ1n) is 5.95. The number of carbonyl (C=O) groups excluding carboxylic acids is 1. The van der Waals surface area contributed by atoms with Gasteiger partial charge in [-0.25, -0.2) is 0 Å². The molecule has 19 heavy (non-hydrogen) atoms. The zero-order valence-electron chi connectivity index (χ0n) is 11.0. The first kappa shape index (κ1) is 16.6. The lowest BCUT2D eigenvalue weighted by molar-refractivity contribution is -0.123. The minimum absolute atomic E-state index is 0.146. The fourth-order valence-electron chi connectivity index (χ4n) is 1.56. The third-order valence-electron chi connectivity index (χ3n) is 2.77. The fraction of sp³-hybridized carbons (Fsp3) is 0.462. The summed E-state index contributed by atoms with van der Waals surface area (Å²) in [5, 5.41) is 3.86. The predicted octanol–water partition coefficient (Wildman–Crippen LogP) is 3.25. The largest absolute Gasteiger partial charge is 0.348 e. The quantitative estimate of drug-likeness (QED) is 0.846. The topological polar surface area (TPSA) is 55.1 Å². The van der Waals surface area contributed by atoms with Crippen LogP contribution in [0.4, 0.5) is 0 Å². The van der Waals surface area contributed by atoms with Crippen LogP contribution in [0.5, 0.6) is 0 Å². The first-order valence-corrected chi connectivity index (χ1v) is 8.10. The van der Waals surface area contributed by atoms with Gasteiger partial charge in [0.25, 0.3) is 0 Å². The molecule has 0 aromatic heterocycles. The summed E-state index contributed by atoms with van der Waals surface area (Å²) in [5.74, 6) is 0.725. The molecular formula is C13H18Cl2N2OS. The number of benzene rings is 1. The molecule has 0 aliphatic heterocycles. The minimum Gasteiger partial charge on any atom is -0.348 e. The monoisotopic (exact) mass is 320 g/mol. The predicted molar refractivity (Wildman–Crippen MR) is 84.0 cm³/mol. The van der Waals surface area contributed by atoms with Gasteiger partial charge in [-0.1, -0.05) is 29.3 Å². The van der Waals surface area contributed by atoms with Gasteiger partial charge in [0.2, 0.25) is 5.91 Å². The van der Waals surface area contributed by atoms with Crippen LogP contribution < -0.4 is 11.1 Å². The summed E-state index contributed by atoms with van der Waals surface area (Å²) < 4.78 is 0. The third-order valence-corrected chi connectivity index (χ3v) is 4.16. The number of thioether (sulfide) groups is 1. The molecule has 1 amide bonds. The zero-order valence-corrected chi connectivity index (χ0v) is 13.3. The number of carbonyl (C=O) groups is 1. The highest BCUT2D eigenvalue weighted by atomic mass is 35.5. The van der Waals surface area contributed by atoms with Crippen molar-refractivity contribution < 1.29 is 4.79 Å². The Morgan fingerprint density at radius 1 is 1.42 bits per heavy atom. The molecule has 1 aromatic rings. The number of hydrogen-bond donors (Lipinski definition) is 2. The molecule has 0 saturated heterocycles. The van der Waals surface area contributed by atoms with Crippen LogP contribution in [-0.4, -0.2) is 24.0 Å². The van der Waals surface area contributed by atoms with Gasteiger partial charge < -0.3 is 11.1 Å². The first-order chi connectivity index (χ1) is 8.95. The van der Waals surface area contributed by atoms with Crippen molar-refractivity contribution in [3.05, 3.63) is 33.8 Å². The lowest BCUT2D eigenvalue weighted by atomic mass is 10.1. The summed E-state index contributed by atoms with van der Waals surface area (Å²) in [7, 11) is 0. The molecule has 1 rings (SSSR count). The second-order valence-electron chi connectivity index (χ2n) is 4.29. The highest BCUT2D eigenvalue weighted by Gasteiger charge is 2.16. The standard InChI is InChI=1S/C13H18Cl2N2OS/c1-8(9-3-4-10(14)11(15)7-9)17-13(18)12(16)5-6-19-2/h3-4,7-8,12H,5-6,16H2,1-2H3,(H,17,18)/t8?,12-/m1/s1. The third kappa shape index (κ3) is 5.22. The molecule has 0 saturated carbocycles. The summed E-state index contributed by atoms with van der Waals surface area (Å²) >= 11 is 13.5. The second-order valence-corrected chi connectivity index (χ2v) is 6.09. The van der Waals surface area contributed by atoms with Crippen molar-refractivity contribution in [2.75, 3.05) is 12.0 Å². The number of nitrogens with one attached hydrogen (secondary N) is 1. The van der Waals surface area contributed by atoms with Crippen LogP contribution in [0, 0.1) is 0 Å². The number of hydrogen-bond acceptors (Lipinski definition) is 3. The van der Waals surface area contributed by atoms with Crippen LogP contribution in [0.2, 0.25) is 10.0 Å². The maximum absolute atomic E-state index is 11.9. The van der Waals surface area contributed by atoms with Crippen molar-refractivity contribution in [1.82, 2.24) is 5.32 Å². The van der Waals surface area contributed by atoms with Crippen molar-refractivity contribution in [1.29, 1.82) is 0 Å². The van der Waals surface area contributed by atoms with E-state index in [1.54, 1.807) is 23.9 Å². The van der Waals surface area contributed by atoms with Gasteiger partial charge in [-0.3, -0.25) is 4.79 Å². The van der Waals surface area contributed by atoms with Crippen LogP contribution >= 0.6 is 35.0 Å². The van der Waals surface area contributed by atoms with Gasteiger partial charge in [0, 0.05) is 0 Å². The van der Waals surface area contributed by atoms with E-state index in [0.717, 1.165) is 11.3 Å². The van der Waals surface area contributed by atoms with Gasteiger partial charge in [0.1, 0.15) is 0 Å². The van der Waals surface area contributed by atoms with E-state index in [1.165, 1.54) is 0 Å². The zero-order chi connectivity index (χ0) is 14.4. The number of halogens is 2. The minimum atomic E-state index is -0.474. The summed E-state index contributed by atoms with van der Waals surface area (Å²) in [6, 6.07) is 4.69. The Morgan fingerprint density at radius 3 is 2.68 bits per heavy atom. The molecule has 0 radical (unpaired) electrons. The molecule has 3 N–H and O–H groups in total. The average Bonchev–Trinajstić information content (AvgIpc) is 2.38. The van der Waals surface area contributed by atoms with E-state index in [9.17, 15) is 4.79 Å². The van der Waals surface area contributed by atoms with Crippen LogP contribution in [0.3, 0.4) is 0 Å². The van der Waals surface area contributed by atoms with Crippen molar-refractivity contribution in [3.8, 4) is 0 Å². The van der Waals surface area contributed by atoms with E-state index in [1.807, 2.05) is 19.2 Å². The van der Waals surface area contributed by atoms with E-state index >= 15 is 0 Å². The summed E-state index contributed by atoms with van der Waals surface area (Å²) in [5.41, 5.74) is 6.71. The maximum Gasteiger partial charge on any atom is 0.237 e. The summed E-state index contributed by atoms with van der Waals surface area (Å²) in [6.07, 6.45) is 2.66. The lowest BCUT2D eigenvalue weighted by Gasteiger charge is -2.18. The molecule has 2 atom stereocenters. The number of nitrogens with two attached hydrogens (primary N) is 1. The Bertz CT molecular complexity index is 443. The highest BCUT2D eigenvalue weighted by molar-refractivity contribution is 7.98. The van der Waals surface area contributed by atoms with Gasteiger partial charge in [-0.15, -0.1) is 0 Å². The second kappa shape index (κ2) is 8.00. The van der Waals surface area contributed by atoms with Crippen molar-refractivity contribution in [3.63, 3.8) is 0 Å². The lowest BCUT2D eigenvalue weighted by Crippen LogP contribution is -2.41. The maximum atomic E-state index is 11.9. The number of rotatable bonds is 6. The molecule has 1 aromatic carbocycles. The van der Waals surface area contributed by atoms with Crippen molar-refractivity contribution >= 4 is 40.9 Å². The van der Waals surface area contributed by atoms with Crippen LogP contribution in [0.15, 0.2) is 18.2 Å². The molecule has 1 unspecified atom stereocenters. The van der Waals surface area contributed by atoms with E-state index in [2.05, 4.69) is 5.32 Å². The van der Waals surface area contributed by atoms with Gasteiger partial charge in [-0.05, 0) is 43.0 Å². The highest BCUT2D eigenvalue weighted by Crippen LogP contribution is 2.25. The SMILES string of the molecule is CSCC[C@@H](N)C(=O)NC(C)c1ccc(Cl)c(Cl)c1. The molecule has 0 aliphatic rings. The van der Waals surface area contributed by atoms with Gasteiger partial charge in [0.05, 0.1) is 22.1 Å². The van der Waals surface area contributed by atoms with Gasteiger partial charge in [0.15, 0.2) is 0 Å². The van der Waals surface area contributed by atoms with E-state index in [0.29, 0.717) is 16.5 Å². The smallest absolute Gasteiger partial charge is 0.237 e. The van der Waals surface area contributed by atoms with Crippen LogP contribution in [0.25, 0.3) is 0 Å². The van der Waals surface area contributed by atoms with Gasteiger partial charge in [-0.2, -0.15) is 11.8 Å². The fourth-order valence-corrected chi connectivity index (χ4v) is 2.36. The summed E-state index contributed by atoms with van der Waals surface area (Å²) in [4.78, 5) is 11.9. The Morgan fingerprint density at radius 2 is 2.11 bits per heavy atom. The molecular weight excluding hydrogens is 303 g/mol. The van der Waals surface area contributed by atoms with Crippen molar-refractivity contribution in [2.45, 2.75) is 25.4 Å². The normalized spacial score (nSPS) is 13.9. The summed E-state index contributed by atoms with van der Waals surface area (Å²) in [6.45, 7) is 1.89. The molecule has 0 heterocycles. The number of amides is 1. The molecule has 3 nitrogen and oxygen atoms in total. The molecule has 0 aliphatic carbocycles. The van der Waals surface area contributed by atoms with Crippen LogP contribution in [0.1, 0.15) is 24.9 Å². The Balaban J connectivity index is 2.60. The van der Waals surface area contributed by atoms with E-state index in [-0.39, 0.29) is 11.9 Å². The van der Waals surface area contributed by atoms with Crippen molar-refractivity contribution in [2.24, 2.45) is 5.73 Å². The molecule has 0 spiro atoms. The molecule has 106 valence electrons. The van der Waals surface area contributed by atoms with E-state index in [4.69, 9.17) is 28.9 Å². The van der Waals surface area contributed by atoms with E-state index < -0.39 is 6.04 Å². The van der Waals surface area contributed by atoms with Gasteiger partial charge >= 0.3 is 0 Å². The Hall–Kier alpha value is -0.420. The molecule has 6 heteroatoms. The van der Waals surface area contributed by atoms with Crippen LogP contribution in [-0.2, 0) is 4.79 Å². The molecule has 0 bridgehead atoms. The Kier molecular flexibility index (Phi) is 7.00. The Labute approximate surface area is 128 Å². The average molecular weight is 321 g/mol.